The fourth-order valence-corrected chi connectivity index (χ4v) is 11.3. The van der Waals surface area contributed by atoms with Gasteiger partial charge >= 0.3 is 0 Å². The first-order chi connectivity index (χ1) is 14.1. The number of ether oxygens (including phenoxy) is 1. The summed E-state index contributed by atoms with van der Waals surface area (Å²) in [6.07, 6.45) is 14.9. The molecule has 2 heteroatoms. The summed E-state index contributed by atoms with van der Waals surface area (Å²) in [5.41, 5.74) is 1.24. The largest absolute Gasteiger partial charge is 0.381 e. The molecule has 0 aromatic rings. The first kappa shape index (κ1) is 21.5. The fourth-order valence-electron chi connectivity index (χ4n) is 11.3. The van der Waals surface area contributed by atoms with E-state index in [1.165, 1.54) is 64.1 Å². The van der Waals surface area contributed by atoms with Crippen LogP contribution in [0.5, 0.6) is 0 Å². The van der Waals surface area contributed by atoms with E-state index in [1.807, 2.05) is 7.11 Å². The third-order valence-corrected chi connectivity index (χ3v) is 12.4. The Balaban J connectivity index is 1.48. The average molecular weight is 415 g/mol. The summed E-state index contributed by atoms with van der Waals surface area (Å²) in [5.74, 6) is 4.68. The molecule has 0 spiro atoms. The zero-order chi connectivity index (χ0) is 21.5. The Labute approximate surface area is 185 Å². The van der Waals surface area contributed by atoms with Crippen LogP contribution in [0.4, 0.5) is 0 Å². The normalized spacial score (nSPS) is 56.9. The Kier molecular flexibility index (Phi) is 4.88. The average Bonchev–Trinajstić information content (AvgIpc) is 3.05. The van der Waals surface area contributed by atoms with Gasteiger partial charge in [-0.2, -0.15) is 0 Å². The lowest BCUT2D eigenvalue weighted by Gasteiger charge is -2.69. The van der Waals surface area contributed by atoms with Crippen LogP contribution in [0.15, 0.2) is 0 Å². The summed E-state index contributed by atoms with van der Waals surface area (Å²) >= 11 is 0. The van der Waals surface area contributed by atoms with Crippen molar-refractivity contribution in [1.82, 2.24) is 0 Å². The van der Waals surface area contributed by atoms with Gasteiger partial charge in [0.05, 0.1) is 6.10 Å². The molecule has 30 heavy (non-hydrogen) atoms. The van der Waals surface area contributed by atoms with Gasteiger partial charge in [0.25, 0.3) is 0 Å². The quantitative estimate of drug-likeness (QED) is 0.459. The number of carbonyl (C=O) groups is 1. The molecule has 10 unspecified atom stereocenters. The Bertz CT molecular complexity index is 699. The van der Waals surface area contributed by atoms with Crippen molar-refractivity contribution in [3.05, 3.63) is 0 Å². The summed E-state index contributed by atoms with van der Waals surface area (Å²) in [4.78, 5) is 12.3. The molecule has 5 rings (SSSR count). The number of aldehydes is 1. The SMILES string of the molecule is COC1CCC2(C)C(CCC3(C)C4CCC5(C=O)CCC(C)C5C4CCC32)C1(C)C. The van der Waals surface area contributed by atoms with Gasteiger partial charge in [0.15, 0.2) is 0 Å². The molecule has 5 aliphatic rings. The molecule has 2 nitrogen and oxygen atoms in total. The maximum atomic E-state index is 12.3. The van der Waals surface area contributed by atoms with Crippen molar-refractivity contribution in [2.45, 2.75) is 105 Å². The van der Waals surface area contributed by atoms with Crippen LogP contribution < -0.4 is 0 Å². The van der Waals surface area contributed by atoms with E-state index >= 15 is 0 Å². The minimum Gasteiger partial charge on any atom is -0.381 e. The second-order valence-electron chi connectivity index (χ2n) is 13.5. The maximum absolute atomic E-state index is 12.3. The van der Waals surface area contributed by atoms with E-state index in [4.69, 9.17) is 4.74 Å². The van der Waals surface area contributed by atoms with Gasteiger partial charge in [-0.25, -0.2) is 0 Å². The summed E-state index contributed by atoms with van der Waals surface area (Å²) in [6.45, 7) is 12.8. The molecule has 5 saturated carbocycles. The molecule has 5 aliphatic carbocycles. The molecule has 0 radical (unpaired) electrons. The fraction of sp³-hybridized carbons (Fsp3) is 0.964. The zero-order valence-corrected chi connectivity index (χ0v) is 20.5. The predicted octanol–water partition coefficient (Wildman–Crippen LogP) is 6.91. The summed E-state index contributed by atoms with van der Waals surface area (Å²) in [7, 11) is 1.93. The number of methoxy groups -OCH3 is 1. The first-order valence-corrected chi connectivity index (χ1v) is 13.1. The van der Waals surface area contributed by atoms with Crippen molar-refractivity contribution in [3.8, 4) is 0 Å². The van der Waals surface area contributed by atoms with Crippen molar-refractivity contribution in [1.29, 1.82) is 0 Å². The van der Waals surface area contributed by atoms with Crippen LogP contribution in [0.3, 0.4) is 0 Å². The number of hydrogen-bond donors (Lipinski definition) is 0. The van der Waals surface area contributed by atoms with Crippen molar-refractivity contribution in [2.24, 2.45) is 57.2 Å². The third-order valence-electron chi connectivity index (χ3n) is 12.4. The van der Waals surface area contributed by atoms with Crippen LogP contribution in [-0.2, 0) is 9.53 Å². The summed E-state index contributed by atoms with van der Waals surface area (Å²) in [5, 5.41) is 0. The van der Waals surface area contributed by atoms with Crippen molar-refractivity contribution >= 4 is 6.29 Å². The minimum atomic E-state index is 0.0312. The van der Waals surface area contributed by atoms with Gasteiger partial charge in [-0.15, -0.1) is 0 Å². The van der Waals surface area contributed by atoms with Crippen molar-refractivity contribution in [3.63, 3.8) is 0 Å². The summed E-state index contributed by atoms with van der Waals surface area (Å²) in [6, 6.07) is 0. The standard InChI is InChI=1S/C28H46O2/c1-18-9-15-28(17-29)16-10-20-19(24(18)28)7-8-22-26(20,4)13-11-21-25(2,3)23(30-6)12-14-27(21,22)5/h17-24H,7-16H2,1-6H3. The number of carbonyl (C=O) groups excluding carboxylic acids is 1. The van der Waals surface area contributed by atoms with E-state index in [2.05, 4.69) is 34.6 Å². The van der Waals surface area contributed by atoms with Crippen LogP contribution >= 0.6 is 0 Å². The highest BCUT2D eigenvalue weighted by atomic mass is 16.5. The van der Waals surface area contributed by atoms with Gasteiger partial charge < -0.3 is 9.53 Å². The molecule has 0 N–H and O–H groups in total. The molecule has 0 aliphatic heterocycles. The van der Waals surface area contributed by atoms with E-state index in [0.29, 0.717) is 22.9 Å². The van der Waals surface area contributed by atoms with Crippen LogP contribution in [0.2, 0.25) is 0 Å². The lowest BCUT2D eigenvalue weighted by molar-refractivity contribution is -0.218. The maximum Gasteiger partial charge on any atom is 0.126 e. The summed E-state index contributed by atoms with van der Waals surface area (Å²) < 4.78 is 6.00. The molecule has 0 bridgehead atoms. The zero-order valence-electron chi connectivity index (χ0n) is 20.5. The van der Waals surface area contributed by atoms with Crippen molar-refractivity contribution < 1.29 is 9.53 Å². The van der Waals surface area contributed by atoms with Gasteiger partial charge in [-0.3, -0.25) is 0 Å². The molecule has 0 aromatic carbocycles. The van der Waals surface area contributed by atoms with Crippen LogP contribution in [0.25, 0.3) is 0 Å². The first-order valence-electron chi connectivity index (χ1n) is 13.1. The highest BCUT2D eigenvalue weighted by Gasteiger charge is 2.66. The number of fused-ring (bicyclic) bond motifs is 7. The molecule has 0 heterocycles. The molecular weight excluding hydrogens is 368 g/mol. The van der Waals surface area contributed by atoms with Gasteiger partial charge in [-0.05, 0) is 116 Å². The van der Waals surface area contributed by atoms with Crippen LogP contribution in [0.1, 0.15) is 98.8 Å². The molecule has 0 aromatic heterocycles. The highest BCUT2D eigenvalue weighted by molar-refractivity contribution is 5.61. The lowest BCUT2D eigenvalue weighted by Crippen LogP contribution is -2.63. The number of hydrogen-bond acceptors (Lipinski definition) is 2. The Morgan fingerprint density at radius 2 is 1.50 bits per heavy atom. The minimum absolute atomic E-state index is 0.0312. The Hall–Kier alpha value is -0.370. The second kappa shape index (κ2) is 6.82. The van der Waals surface area contributed by atoms with Crippen molar-refractivity contribution in [2.75, 3.05) is 7.11 Å². The van der Waals surface area contributed by atoms with E-state index in [0.717, 1.165) is 36.0 Å². The molecule has 5 fully saturated rings. The van der Waals surface area contributed by atoms with E-state index in [9.17, 15) is 4.79 Å². The molecule has 170 valence electrons. The number of rotatable bonds is 2. The van der Waals surface area contributed by atoms with Crippen LogP contribution in [-0.4, -0.2) is 19.5 Å². The topological polar surface area (TPSA) is 26.3 Å². The monoisotopic (exact) mass is 414 g/mol. The highest BCUT2D eigenvalue weighted by Crippen LogP contribution is 2.73. The van der Waals surface area contributed by atoms with Gasteiger partial charge in [0.1, 0.15) is 6.29 Å². The van der Waals surface area contributed by atoms with Gasteiger partial charge in [-0.1, -0.05) is 34.6 Å². The molecule has 10 atom stereocenters. The van der Waals surface area contributed by atoms with E-state index in [-0.39, 0.29) is 10.8 Å². The van der Waals surface area contributed by atoms with Gasteiger partial charge in [0, 0.05) is 12.5 Å². The third kappa shape index (κ3) is 2.55. The predicted molar refractivity (Wildman–Crippen MR) is 122 cm³/mol. The molecule has 0 amide bonds. The lowest BCUT2D eigenvalue weighted by atomic mass is 9.36. The van der Waals surface area contributed by atoms with Crippen LogP contribution in [0, 0.1) is 57.2 Å². The Morgan fingerprint density at radius 1 is 0.800 bits per heavy atom. The second-order valence-corrected chi connectivity index (χ2v) is 13.5. The Morgan fingerprint density at radius 3 is 2.20 bits per heavy atom. The van der Waals surface area contributed by atoms with Gasteiger partial charge in [0.2, 0.25) is 0 Å². The van der Waals surface area contributed by atoms with E-state index in [1.54, 1.807) is 0 Å². The molecular formula is C28H46O2. The molecule has 0 saturated heterocycles. The smallest absolute Gasteiger partial charge is 0.126 e. The van der Waals surface area contributed by atoms with E-state index < -0.39 is 0 Å².